The highest BCUT2D eigenvalue weighted by molar-refractivity contribution is 5.78. The van der Waals surface area contributed by atoms with E-state index < -0.39 is 53.4 Å². The van der Waals surface area contributed by atoms with E-state index in [1.54, 1.807) is 6.92 Å². The minimum atomic E-state index is -1.75. The summed E-state index contributed by atoms with van der Waals surface area (Å²) in [4.78, 5) is 25.3. The molecule has 5 fully saturated rings. The number of carbonyl (C=O) groups excluding carboxylic acids is 1. The zero-order valence-corrected chi connectivity index (χ0v) is 27.1. The van der Waals surface area contributed by atoms with Crippen molar-refractivity contribution in [2.24, 2.45) is 51.8 Å². The van der Waals surface area contributed by atoms with Crippen molar-refractivity contribution in [1.29, 1.82) is 0 Å². The van der Waals surface area contributed by atoms with E-state index in [-0.39, 0.29) is 28.6 Å². The number of carbonyl (C=O) groups is 2. The minimum Gasteiger partial charge on any atom is -0.479 e. The average molecular weight is 619 g/mol. The van der Waals surface area contributed by atoms with Crippen molar-refractivity contribution >= 4 is 11.9 Å². The molecule has 4 saturated carbocycles. The van der Waals surface area contributed by atoms with Crippen molar-refractivity contribution in [3.8, 4) is 0 Å². The van der Waals surface area contributed by atoms with Crippen LogP contribution in [0.2, 0.25) is 0 Å². The van der Waals surface area contributed by atoms with Gasteiger partial charge in [0.05, 0.1) is 23.7 Å². The zero-order valence-electron chi connectivity index (χ0n) is 27.1. The van der Waals surface area contributed by atoms with Gasteiger partial charge in [0, 0.05) is 5.92 Å². The van der Waals surface area contributed by atoms with Gasteiger partial charge in [0.25, 0.3) is 0 Å². The van der Waals surface area contributed by atoms with Crippen LogP contribution in [0.25, 0.3) is 0 Å². The molecule has 9 nitrogen and oxygen atoms in total. The molecule has 0 aromatic rings. The lowest BCUT2D eigenvalue weighted by atomic mass is 9.37. The van der Waals surface area contributed by atoms with Gasteiger partial charge in [-0.25, -0.2) is 4.79 Å². The predicted molar refractivity (Wildman–Crippen MR) is 161 cm³/mol. The molecule has 5 aliphatic carbocycles. The lowest BCUT2D eigenvalue weighted by molar-refractivity contribution is -0.277. The van der Waals surface area contributed by atoms with Gasteiger partial charge in [-0.15, -0.1) is 0 Å². The number of aliphatic hydroxyl groups excluding tert-OH is 3. The molecule has 1 saturated heterocycles. The maximum atomic E-state index is 13.5. The number of ether oxygens (including phenoxy) is 2. The maximum Gasteiger partial charge on any atom is 0.335 e. The van der Waals surface area contributed by atoms with Crippen LogP contribution in [0.15, 0.2) is 11.6 Å². The fourth-order valence-electron chi connectivity index (χ4n) is 12.0. The second-order valence-electron chi connectivity index (χ2n) is 16.2. The third kappa shape index (κ3) is 4.49. The van der Waals surface area contributed by atoms with Gasteiger partial charge in [-0.05, 0) is 118 Å². The van der Waals surface area contributed by atoms with Gasteiger partial charge in [0.2, 0.25) is 0 Å². The van der Waals surface area contributed by atoms with Crippen LogP contribution in [0.5, 0.6) is 0 Å². The molecule has 0 aromatic carbocycles. The largest absolute Gasteiger partial charge is 0.479 e. The molecule has 0 bridgehead atoms. The average Bonchev–Trinajstić information content (AvgIpc) is 2.96. The van der Waals surface area contributed by atoms with Gasteiger partial charge < -0.3 is 35.0 Å². The molecule has 0 spiro atoms. The van der Waals surface area contributed by atoms with Crippen LogP contribution in [-0.4, -0.2) is 80.2 Å². The molecule has 14 unspecified atom stereocenters. The Morgan fingerprint density at radius 1 is 0.909 bits per heavy atom. The van der Waals surface area contributed by atoms with E-state index in [0.717, 1.165) is 57.8 Å². The summed E-state index contributed by atoms with van der Waals surface area (Å²) in [6.07, 6.45) is 3.49. The maximum absolute atomic E-state index is 13.5. The SMILES string of the molecule is CCOC(=O)C12CCC(C)CC1C1=CCC3C(C)(CCC4C3(C)CCC(C3OC(C(=O)O)C(O)C(O)C3O)[C@@]4(C)O)C1CC2. The van der Waals surface area contributed by atoms with Crippen LogP contribution >= 0.6 is 0 Å². The second-order valence-corrected chi connectivity index (χ2v) is 16.2. The quantitative estimate of drug-likeness (QED) is 0.234. The molecule has 0 aromatic heterocycles. The number of hydrogen-bond donors (Lipinski definition) is 5. The molecule has 9 heteroatoms. The fraction of sp³-hybridized carbons (Fsp3) is 0.886. The van der Waals surface area contributed by atoms with Crippen LogP contribution < -0.4 is 0 Å². The molecule has 0 radical (unpaired) electrons. The van der Waals surface area contributed by atoms with E-state index in [2.05, 4.69) is 26.8 Å². The Kier molecular flexibility index (Phi) is 8.13. The normalized spacial score (nSPS) is 53.7. The van der Waals surface area contributed by atoms with Gasteiger partial charge in [-0.3, -0.25) is 4.79 Å². The first-order valence-electron chi connectivity index (χ1n) is 17.2. The summed E-state index contributed by atoms with van der Waals surface area (Å²) in [6, 6.07) is 0. The highest BCUT2D eigenvalue weighted by atomic mass is 16.6. The fourth-order valence-corrected chi connectivity index (χ4v) is 12.0. The third-order valence-electron chi connectivity index (χ3n) is 14.2. The number of esters is 1. The van der Waals surface area contributed by atoms with E-state index in [0.29, 0.717) is 30.8 Å². The van der Waals surface area contributed by atoms with Gasteiger partial charge >= 0.3 is 11.9 Å². The Morgan fingerprint density at radius 3 is 2.27 bits per heavy atom. The monoisotopic (exact) mass is 618 g/mol. The molecular weight excluding hydrogens is 564 g/mol. The van der Waals surface area contributed by atoms with E-state index in [1.165, 1.54) is 5.57 Å². The van der Waals surface area contributed by atoms with Crippen molar-refractivity contribution in [2.45, 2.75) is 135 Å². The lowest BCUT2D eigenvalue weighted by Crippen LogP contribution is -2.69. The molecular formula is C35H54O9. The van der Waals surface area contributed by atoms with Crippen LogP contribution in [0.1, 0.15) is 98.8 Å². The van der Waals surface area contributed by atoms with E-state index >= 15 is 0 Å². The molecule has 44 heavy (non-hydrogen) atoms. The van der Waals surface area contributed by atoms with Crippen LogP contribution in [0.4, 0.5) is 0 Å². The lowest BCUT2D eigenvalue weighted by Gasteiger charge is -2.68. The summed E-state index contributed by atoms with van der Waals surface area (Å²) in [5.74, 6) is -0.617. The molecule has 15 atom stereocenters. The zero-order chi connectivity index (χ0) is 32.0. The molecule has 6 rings (SSSR count). The Labute approximate surface area is 261 Å². The Hall–Kier alpha value is -1.52. The van der Waals surface area contributed by atoms with Gasteiger partial charge in [0.15, 0.2) is 6.10 Å². The number of aliphatic hydroxyl groups is 4. The molecule has 0 amide bonds. The second kappa shape index (κ2) is 11.0. The number of carboxylic acid groups (broad SMARTS) is 1. The van der Waals surface area contributed by atoms with Gasteiger partial charge in [-0.1, -0.05) is 32.4 Å². The van der Waals surface area contributed by atoms with Gasteiger partial charge in [0.1, 0.15) is 18.3 Å². The number of rotatable bonds is 4. The molecule has 6 aliphatic rings. The Morgan fingerprint density at radius 2 is 1.59 bits per heavy atom. The van der Waals surface area contributed by atoms with Crippen LogP contribution in [-0.2, 0) is 19.1 Å². The molecule has 248 valence electrons. The molecule has 5 N–H and O–H groups in total. The first-order valence-corrected chi connectivity index (χ1v) is 17.2. The minimum absolute atomic E-state index is 0.0107. The van der Waals surface area contributed by atoms with Crippen LogP contribution in [0.3, 0.4) is 0 Å². The number of hydrogen-bond acceptors (Lipinski definition) is 8. The molecule has 1 aliphatic heterocycles. The highest BCUT2D eigenvalue weighted by Gasteiger charge is 2.67. The summed E-state index contributed by atoms with van der Waals surface area (Å²) in [5.41, 5.74) is -0.393. The first kappa shape index (κ1) is 32.4. The number of fused-ring (bicyclic) bond motifs is 7. The van der Waals surface area contributed by atoms with Crippen LogP contribution in [0, 0.1) is 51.8 Å². The van der Waals surface area contributed by atoms with Crippen molar-refractivity contribution in [2.75, 3.05) is 6.61 Å². The van der Waals surface area contributed by atoms with Crippen molar-refractivity contribution in [3.63, 3.8) is 0 Å². The summed E-state index contributed by atoms with van der Waals surface area (Å²) in [5, 5.41) is 53.7. The standard InChI is InChI=1S/C35H54O9/c1-6-43-31(41)35-15-9-18(2)17-22(35)19-7-8-23-32(3,20(19)11-16-35)14-12-24-33(23,4)13-10-21(34(24,5)42)28-26(37)25(36)27(38)29(44-28)30(39)40/h7,18,20-29,36-38,42H,6,8-17H2,1-5H3,(H,39,40)/t18?,20?,21?,22?,23?,24?,25?,26?,27?,28?,29?,32?,33?,34-,35?/m1/s1. The van der Waals surface area contributed by atoms with E-state index in [4.69, 9.17) is 9.47 Å². The summed E-state index contributed by atoms with van der Waals surface area (Å²) in [6.45, 7) is 11.2. The van der Waals surface area contributed by atoms with E-state index in [9.17, 15) is 35.1 Å². The van der Waals surface area contributed by atoms with E-state index in [1.807, 2.05) is 6.92 Å². The Bertz CT molecular complexity index is 1180. The summed E-state index contributed by atoms with van der Waals surface area (Å²) < 4.78 is 11.5. The smallest absolute Gasteiger partial charge is 0.335 e. The number of allylic oxidation sites excluding steroid dienone is 2. The number of aliphatic carboxylic acids is 1. The topological polar surface area (TPSA) is 154 Å². The molecule has 1 heterocycles. The Balaban J connectivity index is 1.30. The number of carboxylic acids is 1. The van der Waals surface area contributed by atoms with Crippen molar-refractivity contribution < 1.29 is 44.6 Å². The van der Waals surface area contributed by atoms with Crippen molar-refractivity contribution in [3.05, 3.63) is 11.6 Å². The predicted octanol–water partition coefficient (Wildman–Crippen LogP) is 3.85. The summed E-state index contributed by atoms with van der Waals surface area (Å²) in [7, 11) is 0. The summed E-state index contributed by atoms with van der Waals surface area (Å²) >= 11 is 0. The van der Waals surface area contributed by atoms with Crippen molar-refractivity contribution in [1.82, 2.24) is 0 Å². The first-order chi connectivity index (χ1) is 20.6. The third-order valence-corrected chi connectivity index (χ3v) is 14.2. The van der Waals surface area contributed by atoms with Gasteiger partial charge in [-0.2, -0.15) is 0 Å². The highest BCUT2D eigenvalue weighted by Crippen LogP contribution is 2.71.